The first-order valence-electron chi connectivity index (χ1n) is 6.32. The van der Waals surface area contributed by atoms with Gasteiger partial charge >= 0.3 is 0 Å². The fourth-order valence-electron chi connectivity index (χ4n) is 2.19. The molecule has 2 N–H and O–H groups in total. The van der Waals surface area contributed by atoms with E-state index >= 15 is 0 Å². The van der Waals surface area contributed by atoms with Crippen LogP contribution in [0.4, 0.5) is 4.39 Å². The second kappa shape index (κ2) is 6.18. The van der Waals surface area contributed by atoms with E-state index in [4.69, 9.17) is 17.3 Å². The number of hydrogen-bond acceptors (Lipinski definition) is 1. The predicted molar refractivity (Wildman–Crippen MR) is 77.9 cm³/mol. The molecule has 0 radical (unpaired) electrons. The molecule has 0 fully saturated rings. The van der Waals surface area contributed by atoms with Gasteiger partial charge < -0.3 is 5.73 Å². The summed E-state index contributed by atoms with van der Waals surface area (Å²) in [5, 5.41) is 0.725. The van der Waals surface area contributed by atoms with Gasteiger partial charge in [0.1, 0.15) is 5.82 Å². The summed E-state index contributed by atoms with van der Waals surface area (Å²) >= 11 is 5.88. The average molecular weight is 278 g/mol. The first-order valence-corrected chi connectivity index (χ1v) is 6.69. The van der Waals surface area contributed by atoms with Crippen molar-refractivity contribution < 1.29 is 4.39 Å². The van der Waals surface area contributed by atoms with Gasteiger partial charge in [0.15, 0.2) is 0 Å². The van der Waals surface area contributed by atoms with Crippen molar-refractivity contribution in [3.63, 3.8) is 0 Å². The largest absolute Gasteiger partial charge is 0.327 e. The molecule has 100 valence electrons. The van der Waals surface area contributed by atoms with Gasteiger partial charge in [0.2, 0.25) is 0 Å². The molecule has 2 unspecified atom stereocenters. The molecule has 0 heterocycles. The Balaban J connectivity index is 2.21. The second-order valence-corrected chi connectivity index (χ2v) is 5.28. The van der Waals surface area contributed by atoms with Gasteiger partial charge in [-0.3, -0.25) is 0 Å². The predicted octanol–water partition coefficient (Wildman–Crippen LogP) is 4.15. The first kappa shape index (κ1) is 14.0. The van der Waals surface area contributed by atoms with E-state index in [1.807, 2.05) is 31.2 Å². The highest BCUT2D eigenvalue weighted by Crippen LogP contribution is 2.24. The van der Waals surface area contributed by atoms with Gasteiger partial charge in [-0.05, 0) is 48.7 Å². The third-order valence-electron chi connectivity index (χ3n) is 3.30. The van der Waals surface area contributed by atoms with Crippen LogP contribution in [0.5, 0.6) is 0 Å². The van der Waals surface area contributed by atoms with Crippen molar-refractivity contribution in [1.29, 1.82) is 0 Å². The lowest BCUT2D eigenvalue weighted by Gasteiger charge is -2.21. The summed E-state index contributed by atoms with van der Waals surface area (Å²) in [6.07, 6.45) is 0.820. The van der Waals surface area contributed by atoms with Crippen LogP contribution in [-0.2, 0) is 6.42 Å². The molecule has 0 aliphatic rings. The maximum absolute atomic E-state index is 13.0. The molecule has 0 spiro atoms. The lowest BCUT2D eigenvalue weighted by Crippen LogP contribution is -2.26. The number of nitrogens with two attached hydrogens (primary N) is 1. The minimum atomic E-state index is -0.223. The molecule has 0 aromatic heterocycles. The molecule has 2 aromatic rings. The van der Waals surface area contributed by atoms with Crippen LogP contribution in [0.3, 0.4) is 0 Å². The van der Waals surface area contributed by atoms with E-state index in [1.165, 1.54) is 17.7 Å². The van der Waals surface area contributed by atoms with Gasteiger partial charge in [-0.2, -0.15) is 0 Å². The van der Waals surface area contributed by atoms with Crippen LogP contribution >= 0.6 is 11.6 Å². The molecule has 0 amide bonds. The highest BCUT2D eigenvalue weighted by molar-refractivity contribution is 6.30. The monoisotopic (exact) mass is 277 g/mol. The smallest absolute Gasteiger partial charge is 0.123 e. The zero-order chi connectivity index (χ0) is 13.8. The average Bonchev–Trinajstić information content (AvgIpc) is 2.39. The highest BCUT2D eigenvalue weighted by atomic mass is 35.5. The van der Waals surface area contributed by atoms with Gasteiger partial charge in [-0.15, -0.1) is 0 Å². The van der Waals surface area contributed by atoms with E-state index in [1.54, 1.807) is 12.1 Å². The summed E-state index contributed by atoms with van der Waals surface area (Å²) < 4.78 is 13.0. The lowest BCUT2D eigenvalue weighted by molar-refractivity contribution is 0.562. The van der Waals surface area contributed by atoms with Crippen LogP contribution in [-0.4, -0.2) is 6.04 Å². The van der Waals surface area contributed by atoms with Gasteiger partial charge in [-0.1, -0.05) is 35.9 Å². The Hall–Kier alpha value is -1.38. The fraction of sp³-hybridized carbons (Fsp3) is 0.250. The summed E-state index contributed by atoms with van der Waals surface area (Å²) in [6.45, 7) is 1.98. The molecule has 2 atom stereocenters. The van der Waals surface area contributed by atoms with Crippen LogP contribution < -0.4 is 5.73 Å². The number of halogens is 2. The summed E-state index contributed by atoms with van der Waals surface area (Å²) in [7, 11) is 0. The van der Waals surface area contributed by atoms with E-state index in [2.05, 4.69) is 0 Å². The Kier molecular flexibility index (Phi) is 4.56. The molecule has 0 aliphatic carbocycles. The normalized spacial score (nSPS) is 14.1. The third kappa shape index (κ3) is 3.79. The Morgan fingerprint density at radius 2 is 1.63 bits per heavy atom. The Morgan fingerprint density at radius 1 is 1.05 bits per heavy atom. The van der Waals surface area contributed by atoms with Crippen LogP contribution in [0.15, 0.2) is 48.5 Å². The molecule has 0 bridgehead atoms. The zero-order valence-corrected chi connectivity index (χ0v) is 11.6. The topological polar surface area (TPSA) is 26.0 Å². The van der Waals surface area contributed by atoms with Crippen molar-refractivity contribution in [3.8, 4) is 0 Å². The first-order chi connectivity index (χ1) is 9.06. The van der Waals surface area contributed by atoms with E-state index in [9.17, 15) is 4.39 Å². The molecule has 0 aliphatic heterocycles. The standard InChI is InChI=1S/C16H17ClFN/c1-11(19)16(13-4-8-15(18)9-5-13)10-12-2-6-14(17)7-3-12/h2-9,11,16H,10,19H2,1H3. The van der Waals surface area contributed by atoms with Gasteiger partial charge in [0.25, 0.3) is 0 Å². The maximum Gasteiger partial charge on any atom is 0.123 e. The number of hydrogen-bond donors (Lipinski definition) is 1. The number of benzene rings is 2. The lowest BCUT2D eigenvalue weighted by atomic mass is 9.87. The maximum atomic E-state index is 13.0. The fourth-order valence-corrected chi connectivity index (χ4v) is 2.32. The van der Waals surface area contributed by atoms with Crippen molar-refractivity contribution in [2.24, 2.45) is 5.73 Å². The number of rotatable bonds is 4. The molecule has 2 rings (SSSR count). The molecule has 3 heteroatoms. The van der Waals surface area contributed by atoms with E-state index in [0.29, 0.717) is 0 Å². The summed E-state index contributed by atoms with van der Waals surface area (Å²) in [5.41, 5.74) is 8.30. The Labute approximate surface area is 118 Å². The van der Waals surface area contributed by atoms with Gasteiger partial charge in [0.05, 0.1) is 0 Å². The molecule has 19 heavy (non-hydrogen) atoms. The minimum Gasteiger partial charge on any atom is -0.327 e. The molecular formula is C16H17ClFN. The zero-order valence-electron chi connectivity index (χ0n) is 10.8. The van der Waals surface area contributed by atoms with Crippen LogP contribution in [0.2, 0.25) is 5.02 Å². The van der Waals surface area contributed by atoms with Gasteiger partial charge in [0, 0.05) is 17.0 Å². The summed E-state index contributed by atoms with van der Waals surface area (Å²) in [5.74, 6) is -0.0551. The molecule has 0 saturated carbocycles. The minimum absolute atomic E-state index is 0.00105. The van der Waals surface area contributed by atoms with Crippen LogP contribution in [0.25, 0.3) is 0 Å². The van der Waals surface area contributed by atoms with Crippen molar-refractivity contribution in [1.82, 2.24) is 0 Å². The van der Waals surface area contributed by atoms with Crippen molar-refractivity contribution in [3.05, 3.63) is 70.5 Å². The van der Waals surface area contributed by atoms with Crippen LogP contribution in [0.1, 0.15) is 24.0 Å². The summed E-state index contributed by atoms with van der Waals surface area (Å²) in [6, 6.07) is 14.3. The molecule has 0 saturated heterocycles. The second-order valence-electron chi connectivity index (χ2n) is 4.85. The third-order valence-corrected chi connectivity index (χ3v) is 3.55. The van der Waals surface area contributed by atoms with Crippen molar-refractivity contribution >= 4 is 11.6 Å². The van der Waals surface area contributed by atoms with E-state index in [0.717, 1.165) is 17.0 Å². The van der Waals surface area contributed by atoms with Crippen LogP contribution in [0, 0.1) is 5.82 Å². The molecule has 1 nitrogen and oxygen atoms in total. The molecule has 2 aromatic carbocycles. The van der Waals surface area contributed by atoms with Crippen molar-refractivity contribution in [2.75, 3.05) is 0 Å². The van der Waals surface area contributed by atoms with Gasteiger partial charge in [-0.25, -0.2) is 4.39 Å². The Morgan fingerprint density at radius 3 is 2.16 bits per heavy atom. The SMILES string of the molecule is CC(N)C(Cc1ccc(Cl)cc1)c1ccc(F)cc1. The highest BCUT2D eigenvalue weighted by Gasteiger charge is 2.16. The Bertz CT molecular complexity index is 519. The summed E-state index contributed by atoms with van der Waals surface area (Å²) in [4.78, 5) is 0. The van der Waals surface area contributed by atoms with E-state index < -0.39 is 0 Å². The quantitative estimate of drug-likeness (QED) is 0.892. The van der Waals surface area contributed by atoms with Crippen molar-refractivity contribution in [2.45, 2.75) is 25.3 Å². The molecular weight excluding hydrogens is 261 g/mol. The van der Waals surface area contributed by atoms with E-state index in [-0.39, 0.29) is 17.8 Å².